The van der Waals surface area contributed by atoms with Gasteiger partial charge in [-0.15, -0.1) is 0 Å². The van der Waals surface area contributed by atoms with Crippen LogP contribution in [0.15, 0.2) is 28.7 Å². The van der Waals surface area contributed by atoms with Gasteiger partial charge in [-0.25, -0.2) is 9.78 Å². The van der Waals surface area contributed by atoms with E-state index in [2.05, 4.69) is 4.98 Å². The highest BCUT2D eigenvalue weighted by atomic mass is 127. The average molecular weight is 329 g/mol. The van der Waals surface area contributed by atoms with E-state index in [0.29, 0.717) is 9.59 Å². The number of aromatic carboxylic acids is 1. The number of nitrogens with zero attached hydrogens (tertiary/aromatic N) is 1. The smallest absolute Gasteiger partial charge is 0.374 e. The van der Waals surface area contributed by atoms with E-state index in [4.69, 9.17) is 9.52 Å². The molecule has 1 aromatic carbocycles. The fourth-order valence-electron chi connectivity index (χ4n) is 1.25. The summed E-state index contributed by atoms with van der Waals surface area (Å²) in [7, 11) is 0. The molecule has 16 heavy (non-hydrogen) atoms. The first-order chi connectivity index (χ1) is 7.58. The Morgan fingerprint density at radius 2 is 2.00 bits per heavy atom. The minimum absolute atomic E-state index is 0.115. The summed E-state index contributed by atoms with van der Waals surface area (Å²) < 4.78 is 5.55. The fourth-order valence-corrected chi connectivity index (χ4v) is 1.81. The predicted molar refractivity (Wildman–Crippen MR) is 66.4 cm³/mol. The van der Waals surface area contributed by atoms with Gasteiger partial charge in [0.15, 0.2) is 3.70 Å². The zero-order chi connectivity index (χ0) is 11.7. The quantitative estimate of drug-likeness (QED) is 0.861. The van der Waals surface area contributed by atoms with Crippen LogP contribution in [0.2, 0.25) is 0 Å². The lowest BCUT2D eigenvalue weighted by atomic mass is 10.1. The van der Waals surface area contributed by atoms with Gasteiger partial charge >= 0.3 is 5.97 Å². The molecule has 0 unspecified atom stereocenters. The van der Waals surface area contributed by atoms with Crippen LogP contribution in [0.5, 0.6) is 0 Å². The first kappa shape index (κ1) is 11.1. The Morgan fingerprint density at radius 3 is 2.50 bits per heavy atom. The lowest BCUT2D eigenvalue weighted by Gasteiger charge is -1.95. The van der Waals surface area contributed by atoms with Gasteiger partial charge in [-0.3, -0.25) is 0 Å². The van der Waals surface area contributed by atoms with E-state index in [1.54, 1.807) is 0 Å². The summed E-state index contributed by atoms with van der Waals surface area (Å²) in [6.45, 7) is 1.98. The molecule has 2 rings (SSSR count). The van der Waals surface area contributed by atoms with Crippen molar-refractivity contribution in [2.75, 3.05) is 0 Å². The van der Waals surface area contributed by atoms with E-state index in [-0.39, 0.29) is 5.76 Å². The molecule has 0 spiro atoms. The highest BCUT2D eigenvalue weighted by Crippen LogP contribution is 2.23. The predicted octanol–water partition coefficient (Wildman–Crippen LogP) is 2.95. The number of aryl methyl sites for hydroxylation is 1. The molecule has 0 fully saturated rings. The molecule has 0 aliphatic heterocycles. The number of carboxylic acids is 1. The zero-order valence-electron chi connectivity index (χ0n) is 8.40. The number of oxazole rings is 1. The molecule has 4 nitrogen and oxygen atoms in total. The van der Waals surface area contributed by atoms with Crippen LogP contribution in [0.4, 0.5) is 0 Å². The van der Waals surface area contributed by atoms with Gasteiger partial charge in [0.2, 0.25) is 11.7 Å². The molecule has 1 aromatic heterocycles. The molecule has 1 N–H and O–H groups in total. The van der Waals surface area contributed by atoms with Crippen molar-refractivity contribution in [1.29, 1.82) is 0 Å². The fraction of sp³-hybridized carbons (Fsp3) is 0.0909. The van der Waals surface area contributed by atoms with Crippen molar-refractivity contribution in [3.8, 4) is 11.5 Å². The normalized spacial score (nSPS) is 10.4. The van der Waals surface area contributed by atoms with Crippen LogP contribution in [-0.4, -0.2) is 16.1 Å². The third kappa shape index (κ3) is 2.08. The number of carboxylic acid groups (broad SMARTS) is 1. The van der Waals surface area contributed by atoms with Crippen molar-refractivity contribution in [2.24, 2.45) is 0 Å². The van der Waals surface area contributed by atoms with E-state index >= 15 is 0 Å². The molecule has 0 saturated carbocycles. The van der Waals surface area contributed by atoms with E-state index in [1.165, 1.54) is 0 Å². The molecule has 0 radical (unpaired) electrons. The van der Waals surface area contributed by atoms with Gasteiger partial charge in [0.1, 0.15) is 0 Å². The molecule has 0 aliphatic rings. The Kier molecular flexibility index (Phi) is 2.95. The first-order valence-electron chi connectivity index (χ1n) is 4.54. The molecule has 0 bridgehead atoms. The third-order valence-electron chi connectivity index (χ3n) is 2.08. The van der Waals surface area contributed by atoms with Crippen molar-refractivity contribution in [2.45, 2.75) is 6.92 Å². The second-order valence-corrected chi connectivity index (χ2v) is 4.33. The molecular formula is C11H8INO3. The summed E-state index contributed by atoms with van der Waals surface area (Å²) in [6.07, 6.45) is 0. The minimum Gasteiger partial charge on any atom is -0.475 e. The summed E-state index contributed by atoms with van der Waals surface area (Å²) >= 11 is 1.84. The Hall–Kier alpha value is -1.37. The molecule has 0 amide bonds. The molecule has 5 heteroatoms. The zero-order valence-corrected chi connectivity index (χ0v) is 10.6. The maximum absolute atomic E-state index is 10.8. The molecule has 0 aliphatic carbocycles. The van der Waals surface area contributed by atoms with Crippen LogP contribution in [0.25, 0.3) is 11.5 Å². The van der Waals surface area contributed by atoms with Crippen LogP contribution in [-0.2, 0) is 0 Å². The highest BCUT2D eigenvalue weighted by molar-refractivity contribution is 14.1. The summed E-state index contributed by atoms with van der Waals surface area (Å²) in [6, 6.07) is 7.55. The van der Waals surface area contributed by atoms with Crippen molar-refractivity contribution >= 4 is 28.6 Å². The minimum atomic E-state index is -1.10. The Labute approximate surface area is 105 Å². The Morgan fingerprint density at radius 1 is 1.38 bits per heavy atom. The number of benzene rings is 1. The maximum atomic E-state index is 10.8. The Bertz CT molecular complexity index is 531. The molecule has 2 aromatic rings. The van der Waals surface area contributed by atoms with Gasteiger partial charge in [-0.2, -0.15) is 0 Å². The number of hydrogen-bond acceptors (Lipinski definition) is 3. The SMILES string of the molecule is Cc1ccc(-c2nc(I)c(C(=O)O)o2)cc1. The van der Waals surface area contributed by atoms with Crippen LogP contribution in [0.1, 0.15) is 16.1 Å². The number of aromatic nitrogens is 1. The second kappa shape index (κ2) is 4.25. The maximum Gasteiger partial charge on any atom is 0.374 e. The molecule has 1 heterocycles. The van der Waals surface area contributed by atoms with Crippen LogP contribution >= 0.6 is 22.6 Å². The lowest BCUT2D eigenvalue weighted by molar-refractivity contribution is 0.0662. The van der Waals surface area contributed by atoms with Gasteiger partial charge in [0, 0.05) is 5.56 Å². The topological polar surface area (TPSA) is 63.3 Å². The molecule has 82 valence electrons. The summed E-state index contributed by atoms with van der Waals surface area (Å²) in [5.74, 6) is -0.881. The first-order valence-corrected chi connectivity index (χ1v) is 5.62. The monoisotopic (exact) mass is 329 g/mol. The van der Waals surface area contributed by atoms with Gasteiger partial charge in [0.05, 0.1) is 0 Å². The van der Waals surface area contributed by atoms with E-state index in [1.807, 2.05) is 53.8 Å². The van der Waals surface area contributed by atoms with E-state index in [0.717, 1.165) is 11.1 Å². The number of hydrogen-bond donors (Lipinski definition) is 1. The van der Waals surface area contributed by atoms with E-state index < -0.39 is 5.97 Å². The standard InChI is InChI=1S/C11H8INO3/c1-6-2-4-7(5-3-6)10-13-9(12)8(16-10)11(14)15/h2-5H,1H3,(H,14,15). The molecular weight excluding hydrogens is 321 g/mol. The highest BCUT2D eigenvalue weighted by Gasteiger charge is 2.18. The average Bonchev–Trinajstić information content (AvgIpc) is 2.61. The summed E-state index contributed by atoms with van der Waals surface area (Å²) in [4.78, 5) is 14.9. The van der Waals surface area contributed by atoms with Crippen molar-refractivity contribution in [1.82, 2.24) is 4.98 Å². The Balaban J connectivity index is 2.45. The second-order valence-electron chi connectivity index (χ2n) is 3.31. The number of rotatable bonds is 2. The summed E-state index contributed by atoms with van der Waals surface area (Å²) in [5.41, 5.74) is 1.90. The van der Waals surface area contributed by atoms with Gasteiger partial charge in [0.25, 0.3) is 0 Å². The molecule has 0 atom stereocenters. The lowest BCUT2D eigenvalue weighted by Crippen LogP contribution is -1.95. The number of halogens is 1. The van der Waals surface area contributed by atoms with Crippen molar-refractivity contribution in [3.63, 3.8) is 0 Å². The van der Waals surface area contributed by atoms with Crippen molar-refractivity contribution < 1.29 is 14.3 Å². The van der Waals surface area contributed by atoms with Gasteiger partial charge in [-0.05, 0) is 41.6 Å². The van der Waals surface area contributed by atoms with Crippen molar-refractivity contribution in [3.05, 3.63) is 39.3 Å². The molecule has 0 saturated heterocycles. The van der Waals surface area contributed by atoms with Crippen LogP contribution < -0.4 is 0 Å². The third-order valence-corrected chi connectivity index (χ3v) is 2.81. The summed E-state index contributed by atoms with van der Waals surface area (Å²) in [5, 5.41) is 8.83. The number of carbonyl (C=O) groups is 1. The largest absolute Gasteiger partial charge is 0.475 e. The van der Waals surface area contributed by atoms with Gasteiger partial charge in [-0.1, -0.05) is 17.7 Å². The van der Waals surface area contributed by atoms with E-state index in [9.17, 15) is 4.79 Å². The van der Waals surface area contributed by atoms with Crippen LogP contribution in [0, 0.1) is 10.6 Å². The van der Waals surface area contributed by atoms with Gasteiger partial charge < -0.3 is 9.52 Å². The van der Waals surface area contributed by atoms with Crippen LogP contribution in [0.3, 0.4) is 0 Å².